The summed E-state index contributed by atoms with van der Waals surface area (Å²) < 4.78 is 22.6. The van der Waals surface area contributed by atoms with Crippen LogP contribution in [0.1, 0.15) is 50.0 Å². The number of halogens is 2. The van der Waals surface area contributed by atoms with Gasteiger partial charge in [0.1, 0.15) is 29.4 Å². The summed E-state index contributed by atoms with van der Waals surface area (Å²) >= 11 is 6.52. The maximum absolute atomic E-state index is 16.4. The van der Waals surface area contributed by atoms with E-state index in [9.17, 15) is 5.11 Å². The average molecular weight is 539 g/mol. The van der Waals surface area contributed by atoms with Crippen molar-refractivity contribution in [3.63, 3.8) is 0 Å². The number of piperidine rings is 2. The Hall–Kier alpha value is -2.75. The van der Waals surface area contributed by atoms with Crippen LogP contribution in [0.2, 0.25) is 5.02 Å². The molecule has 3 atom stereocenters. The van der Waals surface area contributed by atoms with Gasteiger partial charge in [0.05, 0.1) is 5.39 Å². The standard InChI is InChI=1S/C28H32ClFN6O2/c1-35-8-2-3-18(35)14-38-28-33-26-21(27(34-28)36-13-16-6-7-17(36)11-31-16)12-32-25(24(26)30)20-9-19(37)10-22(29)23(20)15-4-5-15/h9-10,12,15-18,31,37H,2-8,11,13-14H2,1H3/t16?,17?,18-/m0/s1. The van der Waals surface area contributed by atoms with Gasteiger partial charge in [-0.1, -0.05) is 11.6 Å². The van der Waals surface area contributed by atoms with Gasteiger partial charge in [-0.25, -0.2) is 4.39 Å². The number of pyridine rings is 1. The number of fused-ring (bicyclic) bond motifs is 4. The zero-order chi connectivity index (χ0) is 26.0. The molecule has 0 radical (unpaired) electrons. The van der Waals surface area contributed by atoms with Gasteiger partial charge in [0.2, 0.25) is 0 Å². The van der Waals surface area contributed by atoms with Gasteiger partial charge in [-0.2, -0.15) is 9.97 Å². The second kappa shape index (κ2) is 9.47. The number of aromatic hydroxyl groups is 1. The van der Waals surface area contributed by atoms with Crippen molar-refractivity contribution in [2.75, 3.05) is 38.2 Å². The molecule has 8 rings (SSSR count). The Bertz CT molecular complexity index is 1390. The van der Waals surface area contributed by atoms with Crippen LogP contribution in [0.25, 0.3) is 22.2 Å². The molecule has 4 aliphatic heterocycles. The summed E-state index contributed by atoms with van der Waals surface area (Å²) in [5.74, 6) is 0.364. The number of nitrogens with zero attached hydrogens (tertiary/aromatic N) is 5. The molecule has 0 amide bonds. The summed E-state index contributed by atoms with van der Waals surface area (Å²) in [6, 6.07) is 4.22. The minimum absolute atomic E-state index is 0.0133. The molecule has 1 saturated carbocycles. The first-order valence-electron chi connectivity index (χ1n) is 13.7. The van der Waals surface area contributed by atoms with E-state index in [4.69, 9.17) is 21.3 Å². The summed E-state index contributed by atoms with van der Waals surface area (Å²) in [4.78, 5) is 18.6. The molecular formula is C28H32ClFN6O2. The van der Waals surface area contributed by atoms with Gasteiger partial charge >= 0.3 is 6.01 Å². The van der Waals surface area contributed by atoms with Crippen molar-refractivity contribution in [2.24, 2.45) is 0 Å². The van der Waals surface area contributed by atoms with Crippen LogP contribution in [-0.2, 0) is 0 Å². The lowest BCUT2D eigenvalue weighted by atomic mass is 9.93. The second-order valence-electron chi connectivity index (χ2n) is 11.3. The number of rotatable bonds is 6. The minimum Gasteiger partial charge on any atom is -0.508 e. The Kier molecular flexibility index (Phi) is 6.05. The number of ether oxygens (including phenoxy) is 1. The predicted octanol–water partition coefficient (Wildman–Crippen LogP) is 4.48. The third-order valence-electron chi connectivity index (χ3n) is 8.70. The number of hydrogen-bond donors (Lipinski definition) is 2. The average Bonchev–Trinajstić information content (AvgIpc) is 3.67. The SMILES string of the molecule is CN1CCC[C@H]1COc1nc(N2CC3CCC2CN3)c2cnc(-c3cc(O)cc(Cl)c3C3CC3)c(F)c2n1. The van der Waals surface area contributed by atoms with Crippen LogP contribution >= 0.6 is 11.6 Å². The van der Waals surface area contributed by atoms with E-state index in [0.29, 0.717) is 40.5 Å². The molecule has 8 nitrogen and oxygen atoms in total. The van der Waals surface area contributed by atoms with Crippen LogP contribution in [0, 0.1) is 5.82 Å². The summed E-state index contributed by atoms with van der Waals surface area (Å²) in [5, 5.41) is 14.9. The molecule has 6 heterocycles. The smallest absolute Gasteiger partial charge is 0.319 e. The van der Waals surface area contributed by atoms with Gasteiger partial charge in [0.15, 0.2) is 5.82 Å². The highest BCUT2D eigenvalue weighted by atomic mass is 35.5. The minimum atomic E-state index is -0.544. The van der Waals surface area contributed by atoms with Crippen LogP contribution in [0.4, 0.5) is 10.2 Å². The monoisotopic (exact) mass is 538 g/mol. The number of anilines is 1. The van der Waals surface area contributed by atoms with E-state index in [1.807, 2.05) is 0 Å². The molecule has 4 saturated heterocycles. The Labute approximate surface area is 226 Å². The number of aromatic nitrogens is 3. The van der Waals surface area contributed by atoms with E-state index in [1.54, 1.807) is 12.3 Å². The Morgan fingerprint density at radius 3 is 2.74 bits per heavy atom. The molecule has 2 aromatic heterocycles. The number of phenols is 1. The first-order chi connectivity index (χ1) is 18.5. The van der Waals surface area contributed by atoms with E-state index in [-0.39, 0.29) is 34.9 Å². The fourth-order valence-corrected chi connectivity index (χ4v) is 6.78. The molecule has 3 aromatic rings. The first kappa shape index (κ1) is 24.3. The van der Waals surface area contributed by atoms with Crippen molar-refractivity contribution >= 4 is 28.3 Å². The summed E-state index contributed by atoms with van der Waals surface area (Å²) in [7, 11) is 2.10. The first-order valence-corrected chi connectivity index (χ1v) is 14.1. The van der Waals surface area contributed by atoms with Crippen LogP contribution in [-0.4, -0.2) is 76.4 Å². The van der Waals surface area contributed by atoms with E-state index in [0.717, 1.165) is 63.7 Å². The maximum atomic E-state index is 16.4. The number of benzene rings is 1. The molecule has 2 N–H and O–H groups in total. The maximum Gasteiger partial charge on any atom is 0.319 e. The molecule has 5 fully saturated rings. The number of nitrogens with one attached hydrogen (secondary N) is 1. The third kappa shape index (κ3) is 4.25. The van der Waals surface area contributed by atoms with E-state index >= 15 is 4.39 Å². The highest BCUT2D eigenvalue weighted by Gasteiger charge is 2.36. The number of likely N-dealkylation sites (tertiary alicyclic amines) is 1. The Morgan fingerprint density at radius 2 is 2.05 bits per heavy atom. The molecule has 200 valence electrons. The zero-order valence-electron chi connectivity index (χ0n) is 21.5. The number of piperazine rings is 1. The van der Waals surface area contributed by atoms with Gasteiger partial charge in [0, 0.05) is 48.0 Å². The van der Waals surface area contributed by atoms with Crippen molar-refractivity contribution in [3.8, 4) is 23.0 Å². The molecule has 0 spiro atoms. The van der Waals surface area contributed by atoms with Crippen molar-refractivity contribution in [1.82, 2.24) is 25.2 Å². The molecule has 38 heavy (non-hydrogen) atoms. The van der Waals surface area contributed by atoms with Gasteiger partial charge in [-0.15, -0.1) is 0 Å². The third-order valence-corrected chi connectivity index (χ3v) is 9.01. The zero-order valence-corrected chi connectivity index (χ0v) is 22.2. The predicted molar refractivity (Wildman–Crippen MR) is 145 cm³/mol. The fraction of sp³-hybridized carbons (Fsp3) is 0.536. The quantitative estimate of drug-likeness (QED) is 0.475. The normalized spacial score (nSPS) is 25.4. The molecule has 1 aromatic carbocycles. The van der Waals surface area contributed by atoms with Gasteiger partial charge in [-0.3, -0.25) is 4.98 Å². The van der Waals surface area contributed by atoms with Gasteiger partial charge in [0.25, 0.3) is 0 Å². The van der Waals surface area contributed by atoms with Crippen molar-refractivity contribution in [3.05, 3.63) is 34.7 Å². The largest absolute Gasteiger partial charge is 0.508 e. The Balaban J connectivity index is 1.35. The molecular weight excluding hydrogens is 507 g/mol. The van der Waals surface area contributed by atoms with Crippen molar-refractivity contribution in [1.29, 1.82) is 0 Å². The number of likely N-dealkylation sites (N-methyl/N-ethyl adjacent to an activating group) is 1. The number of phenolic OH excluding ortho intramolecular Hbond substituents is 1. The molecule has 10 heteroatoms. The lowest BCUT2D eigenvalue weighted by molar-refractivity contribution is 0.188. The highest BCUT2D eigenvalue weighted by molar-refractivity contribution is 6.32. The summed E-state index contributed by atoms with van der Waals surface area (Å²) in [5.41, 5.74) is 1.69. The summed E-state index contributed by atoms with van der Waals surface area (Å²) in [6.45, 7) is 3.18. The summed E-state index contributed by atoms with van der Waals surface area (Å²) in [6.07, 6.45) is 8.02. The van der Waals surface area contributed by atoms with Crippen molar-refractivity contribution < 1.29 is 14.2 Å². The number of hydrogen-bond acceptors (Lipinski definition) is 8. The van der Waals surface area contributed by atoms with E-state index in [2.05, 4.69) is 32.1 Å². The molecule has 5 aliphatic rings. The van der Waals surface area contributed by atoms with E-state index in [1.165, 1.54) is 6.07 Å². The van der Waals surface area contributed by atoms with Crippen LogP contribution in [0.5, 0.6) is 11.8 Å². The lowest BCUT2D eigenvalue weighted by Crippen LogP contribution is -2.61. The van der Waals surface area contributed by atoms with Crippen LogP contribution < -0.4 is 15.0 Å². The topological polar surface area (TPSA) is 86.6 Å². The molecule has 1 aliphatic carbocycles. The molecule has 2 unspecified atom stereocenters. The second-order valence-corrected chi connectivity index (χ2v) is 11.7. The highest BCUT2D eigenvalue weighted by Crippen LogP contribution is 2.49. The van der Waals surface area contributed by atoms with Crippen molar-refractivity contribution in [2.45, 2.75) is 62.6 Å². The van der Waals surface area contributed by atoms with Gasteiger partial charge < -0.3 is 25.0 Å². The van der Waals surface area contributed by atoms with Crippen LogP contribution in [0.15, 0.2) is 18.3 Å². The lowest BCUT2D eigenvalue weighted by Gasteiger charge is -2.46. The van der Waals surface area contributed by atoms with E-state index < -0.39 is 5.82 Å². The van der Waals surface area contributed by atoms with Gasteiger partial charge in [-0.05, 0) is 75.7 Å². The Morgan fingerprint density at radius 1 is 1.18 bits per heavy atom. The van der Waals surface area contributed by atoms with Crippen LogP contribution in [0.3, 0.4) is 0 Å². The molecule has 2 bridgehead atoms. The fourth-order valence-electron chi connectivity index (χ4n) is 6.41.